The molecule has 3 heterocycles. The van der Waals surface area contributed by atoms with E-state index < -0.39 is 0 Å². The first kappa shape index (κ1) is 14.6. The average molecular weight is 316 g/mol. The van der Waals surface area contributed by atoms with Crippen LogP contribution in [0.1, 0.15) is 37.2 Å². The molecule has 1 atom stereocenters. The van der Waals surface area contributed by atoms with Crippen molar-refractivity contribution < 1.29 is 4.79 Å². The number of hydrogen-bond acceptors (Lipinski definition) is 3. The Hall–Kier alpha value is -1.00. The van der Waals surface area contributed by atoms with Crippen molar-refractivity contribution in [3.05, 3.63) is 29.8 Å². The highest BCUT2D eigenvalue weighted by Crippen LogP contribution is 2.41. The van der Waals surface area contributed by atoms with Gasteiger partial charge in [0, 0.05) is 24.5 Å². The second-order valence-corrected chi connectivity index (χ2v) is 8.12. The molecule has 2 fully saturated rings. The van der Waals surface area contributed by atoms with Crippen LogP contribution in [0.25, 0.3) is 0 Å². The molecule has 4 rings (SSSR count). The van der Waals surface area contributed by atoms with Gasteiger partial charge in [0.25, 0.3) is 0 Å². The molecule has 3 aliphatic rings. The van der Waals surface area contributed by atoms with Crippen LogP contribution in [0.15, 0.2) is 29.2 Å². The lowest BCUT2D eigenvalue weighted by molar-refractivity contribution is -0.135. The van der Waals surface area contributed by atoms with Gasteiger partial charge in [0.15, 0.2) is 0 Å². The van der Waals surface area contributed by atoms with E-state index in [9.17, 15) is 4.79 Å². The molecule has 118 valence electrons. The van der Waals surface area contributed by atoms with E-state index in [1.54, 1.807) is 0 Å². The molecule has 0 saturated carbocycles. The third kappa shape index (κ3) is 2.56. The maximum atomic E-state index is 13.0. The topological polar surface area (TPSA) is 32.3 Å². The number of carbonyl (C=O) groups excluding carboxylic acids is 1. The van der Waals surface area contributed by atoms with Crippen molar-refractivity contribution in [1.29, 1.82) is 0 Å². The van der Waals surface area contributed by atoms with Gasteiger partial charge in [-0.2, -0.15) is 0 Å². The molecule has 4 heteroatoms. The molecule has 1 spiro atoms. The van der Waals surface area contributed by atoms with Crippen molar-refractivity contribution in [3.63, 3.8) is 0 Å². The van der Waals surface area contributed by atoms with Gasteiger partial charge in [-0.05, 0) is 55.0 Å². The van der Waals surface area contributed by atoms with Crippen LogP contribution in [-0.4, -0.2) is 42.7 Å². The molecule has 0 aromatic heterocycles. The molecule has 3 nitrogen and oxygen atoms in total. The number of carbonyl (C=O) groups is 1. The van der Waals surface area contributed by atoms with Crippen LogP contribution < -0.4 is 5.32 Å². The van der Waals surface area contributed by atoms with Crippen LogP contribution in [0.3, 0.4) is 0 Å². The van der Waals surface area contributed by atoms with Gasteiger partial charge in [0.1, 0.15) is 0 Å². The minimum absolute atomic E-state index is 0.0909. The molecule has 0 bridgehead atoms. The fourth-order valence-electron chi connectivity index (χ4n) is 4.24. The Kier molecular flexibility index (Phi) is 3.91. The van der Waals surface area contributed by atoms with Gasteiger partial charge in [-0.25, -0.2) is 0 Å². The summed E-state index contributed by atoms with van der Waals surface area (Å²) in [5, 5.41) is 3.50. The van der Waals surface area contributed by atoms with Crippen LogP contribution in [0.5, 0.6) is 0 Å². The molecule has 3 aliphatic heterocycles. The first-order valence-electron chi connectivity index (χ1n) is 8.49. The van der Waals surface area contributed by atoms with Gasteiger partial charge >= 0.3 is 0 Å². The summed E-state index contributed by atoms with van der Waals surface area (Å²) in [6.07, 6.45) is 4.63. The number of thioether (sulfide) groups is 1. The van der Waals surface area contributed by atoms with Crippen LogP contribution in [-0.2, 0) is 4.79 Å². The number of fused-ring (bicyclic) bond motifs is 1. The highest BCUT2D eigenvalue weighted by atomic mass is 32.2. The second kappa shape index (κ2) is 5.89. The van der Waals surface area contributed by atoms with Gasteiger partial charge in [-0.1, -0.05) is 18.2 Å². The second-order valence-electron chi connectivity index (χ2n) is 6.98. The molecule has 1 aromatic carbocycles. The lowest BCUT2D eigenvalue weighted by atomic mass is 9.77. The summed E-state index contributed by atoms with van der Waals surface area (Å²) < 4.78 is 0. The first-order valence-corrected chi connectivity index (χ1v) is 9.47. The van der Waals surface area contributed by atoms with Crippen LogP contribution >= 0.6 is 11.8 Å². The first-order chi connectivity index (χ1) is 10.8. The van der Waals surface area contributed by atoms with Crippen molar-refractivity contribution >= 4 is 17.7 Å². The average Bonchev–Trinajstić information content (AvgIpc) is 3.02. The lowest BCUT2D eigenvalue weighted by Crippen LogP contribution is -2.46. The van der Waals surface area contributed by atoms with Crippen LogP contribution in [0, 0.1) is 5.41 Å². The van der Waals surface area contributed by atoms with Crippen molar-refractivity contribution in [2.45, 2.75) is 36.5 Å². The number of nitrogens with zero attached hydrogens (tertiary/aromatic N) is 1. The number of piperidine rings is 1. The minimum Gasteiger partial charge on any atom is -0.342 e. The predicted octanol–water partition coefficient (Wildman–Crippen LogP) is 2.87. The number of nitrogens with one attached hydrogen (secondary N) is 1. The van der Waals surface area contributed by atoms with Crippen molar-refractivity contribution in [3.8, 4) is 0 Å². The number of likely N-dealkylation sites (tertiary alicyclic amines) is 1. The van der Waals surface area contributed by atoms with Gasteiger partial charge in [-0.3, -0.25) is 4.79 Å². The lowest BCUT2D eigenvalue weighted by Gasteiger charge is -2.40. The van der Waals surface area contributed by atoms with E-state index in [2.05, 4.69) is 34.5 Å². The Bertz CT molecular complexity index is 558. The Morgan fingerprint density at radius 2 is 2.05 bits per heavy atom. The standard InChI is InChI=1S/C18H24N2OS/c21-17(15-5-12-22-16-4-2-1-3-14(15)16)20-10-7-18(8-11-20)6-9-19-13-18/h1-4,15,19H,5-13H2. The summed E-state index contributed by atoms with van der Waals surface area (Å²) in [6, 6.07) is 8.46. The fourth-order valence-corrected chi connectivity index (χ4v) is 5.37. The summed E-state index contributed by atoms with van der Waals surface area (Å²) in [7, 11) is 0. The minimum atomic E-state index is 0.0909. The molecule has 1 aromatic rings. The quantitative estimate of drug-likeness (QED) is 0.865. The number of benzene rings is 1. The van der Waals surface area contributed by atoms with E-state index in [4.69, 9.17) is 0 Å². The van der Waals surface area contributed by atoms with E-state index >= 15 is 0 Å². The zero-order chi connectivity index (χ0) is 15.0. The molecule has 22 heavy (non-hydrogen) atoms. The van der Waals surface area contributed by atoms with Crippen molar-refractivity contribution in [1.82, 2.24) is 10.2 Å². The summed E-state index contributed by atoms with van der Waals surface area (Å²) >= 11 is 1.89. The molecule has 1 N–H and O–H groups in total. The van der Waals surface area contributed by atoms with Gasteiger partial charge in [-0.15, -0.1) is 11.8 Å². The third-order valence-corrected chi connectivity index (χ3v) is 6.85. The fraction of sp³-hybridized carbons (Fsp3) is 0.611. The van der Waals surface area contributed by atoms with E-state index in [1.165, 1.54) is 29.7 Å². The van der Waals surface area contributed by atoms with Gasteiger partial charge in [0.05, 0.1) is 5.92 Å². The van der Waals surface area contributed by atoms with Gasteiger partial charge < -0.3 is 10.2 Å². The van der Waals surface area contributed by atoms with Crippen LogP contribution in [0.2, 0.25) is 0 Å². The highest BCUT2D eigenvalue weighted by molar-refractivity contribution is 7.99. The maximum Gasteiger partial charge on any atom is 0.230 e. The Labute approximate surface area is 136 Å². The highest BCUT2D eigenvalue weighted by Gasteiger charge is 2.39. The SMILES string of the molecule is O=C(C1CCSc2ccccc21)N1CCC2(CCNC2)CC1. The number of amides is 1. The smallest absolute Gasteiger partial charge is 0.230 e. The Morgan fingerprint density at radius 3 is 2.82 bits per heavy atom. The van der Waals surface area contributed by atoms with E-state index in [0.29, 0.717) is 11.3 Å². The molecule has 1 unspecified atom stereocenters. The molecule has 2 saturated heterocycles. The summed E-state index contributed by atoms with van der Waals surface area (Å²) in [5.74, 6) is 1.52. The van der Waals surface area contributed by atoms with Crippen molar-refractivity contribution in [2.75, 3.05) is 31.9 Å². The monoisotopic (exact) mass is 316 g/mol. The largest absolute Gasteiger partial charge is 0.342 e. The molecule has 0 aliphatic carbocycles. The predicted molar refractivity (Wildman–Crippen MR) is 90.3 cm³/mol. The zero-order valence-corrected chi connectivity index (χ0v) is 13.8. The van der Waals surface area contributed by atoms with E-state index in [-0.39, 0.29) is 5.92 Å². The third-order valence-electron chi connectivity index (χ3n) is 5.72. The maximum absolute atomic E-state index is 13.0. The van der Waals surface area contributed by atoms with Crippen LogP contribution in [0.4, 0.5) is 0 Å². The Morgan fingerprint density at radius 1 is 1.23 bits per heavy atom. The Balaban J connectivity index is 1.47. The van der Waals surface area contributed by atoms with Crippen molar-refractivity contribution in [2.24, 2.45) is 5.41 Å². The summed E-state index contributed by atoms with van der Waals surface area (Å²) in [6.45, 7) is 4.21. The summed E-state index contributed by atoms with van der Waals surface area (Å²) in [5.41, 5.74) is 1.74. The zero-order valence-electron chi connectivity index (χ0n) is 13.0. The molecule has 0 radical (unpaired) electrons. The summed E-state index contributed by atoms with van der Waals surface area (Å²) in [4.78, 5) is 16.5. The number of rotatable bonds is 1. The molecular weight excluding hydrogens is 292 g/mol. The van der Waals surface area contributed by atoms with E-state index in [0.717, 1.165) is 38.4 Å². The number of hydrogen-bond donors (Lipinski definition) is 1. The van der Waals surface area contributed by atoms with Gasteiger partial charge in [0.2, 0.25) is 5.91 Å². The normalized spacial score (nSPS) is 26.9. The molecular formula is C18H24N2OS. The molecule has 1 amide bonds. The van der Waals surface area contributed by atoms with E-state index in [1.807, 2.05) is 11.8 Å².